The van der Waals surface area contributed by atoms with Gasteiger partial charge in [-0.1, -0.05) is 93.1 Å². The monoisotopic (exact) mass is 861 g/mol. The molecule has 0 radical (unpaired) electrons. The Bertz CT molecular complexity index is 2290. The van der Waals surface area contributed by atoms with Gasteiger partial charge < -0.3 is 14.3 Å². The summed E-state index contributed by atoms with van der Waals surface area (Å²) in [5, 5.41) is 11.9. The number of imide groups is 1. The van der Waals surface area contributed by atoms with Crippen LogP contribution in [0.2, 0.25) is 5.04 Å². The van der Waals surface area contributed by atoms with E-state index < -0.39 is 78.2 Å². The number of aromatic hydroxyl groups is 1. The summed E-state index contributed by atoms with van der Waals surface area (Å²) in [6.45, 7) is 12.1. The fourth-order valence-electron chi connectivity index (χ4n) is 9.67. The Morgan fingerprint density at radius 1 is 0.820 bits per heavy atom. The second-order valence-electron chi connectivity index (χ2n) is 17.6. The van der Waals surface area contributed by atoms with Gasteiger partial charge in [0.05, 0.1) is 48.0 Å². The maximum Gasteiger partial charge on any atom is 0.416 e. The highest BCUT2D eigenvalue weighted by atomic mass is 28.4. The third-order valence-corrected chi connectivity index (χ3v) is 17.4. The van der Waals surface area contributed by atoms with Crippen LogP contribution in [0, 0.1) is 31.6 Å². The minimum atomic E-state index is -5.17. The Balaban J connectivity index is 1.29. The summed E-state index contributed by atoms with van der Waals surface area (Å²) in [5.41, 5.74) is 0.993. The lowest BCUT2D eigenvalue weighted by molar-refractivity contribution is -0.143. The molecule has 3 aliphatic rings. The number of alkyl halides is 6. The fraction of sp³-hybridized carbons (Fsp3) is 0.375. The second kappa shape index (κ2) is 16.4. The van der Waals surface area contributed by atoms with Crippen LogP contribution in [0.25, 0.3) is 6.08 Å². The van der Waals surface area contributed by atoms with Crippen molar-refractivity contribution in [2.24, 2.45) is 17.8 Å². The largest absolute Gasteiger partial charge is 0.507 e. The molecule has 2 amide bonds. The Kier molecular flexibility index (Phi) is 11.8. The number of allylic oxidation sites excluding steroid dienone is 1. The van der Waals surface area contributed by atoms with Crippen molar-refractivity contribution in [3.8, 4) is 5.75 Å². The third-order valence-electron chi connectivity index (χ3n) is 12.4. The van der Waals surface area contributed by atoms with E-state index in [0.717, 1.165) is 43.8 Å². The summed E-state index contributed by atoms with van der Waals surface area (Å²) in [6, 6.07) is 24.6. The van der Waals surface area contributed by atoms with Crippen LogP contribution in [0.5, 0.6) is 5.75 Å². The van der Waals surface area contributed by atoms with Crippen molar-refractivity contribution in [2.75, 3.05) is 18.1 Å². The molecule has 0 bridgehead atoms. The molecule has 13 heteroatoms. The van der Waals surface area contributed by atoms with Crippen molar-refractivity contribution in [3.63, 3.8) is 0 Å². The van der Waals surface area contributed by atoms with Crippen molar-refractivity contribution in [1.82, 2.24) is 0 Å². The molecule has 4 aromatic rings. The van der Waals surface area contributed by atoms with Crippen LogP contribution in [0.4, 0.5) is 32.0 Å². The predicted molar refractivity (Wildman–Crippen MR) is 225 cm³/mol. The van der Waals surface area contributed by atoms with Crippen LogP contribution in [0.1, 0.15) is 74.8 Å². The maximum absolute atomic E-state index is 14.4. The molecule has 0 spiro atoms. The van der Waals surface area contributed by atoms with Crippen molar-refractivity contribution in [1.29, 1.82) is 0 Å². The summed E-state index contributed by atoms with van der Waals surface area (Å²) < 4.78 is 97.8. The van der Waals surface area contributed by atoms with Crippen LogP contribution in [-0.2, 0) is 31.1 Å². The summed E-state index contributed by atoms with van der Waals surface area (Å²) in [7, 11) is -3.15. The van der Waals surface area contributed by atoms with Crippen LogP contribution in [0.15, 0.2) is 108 Å². The Hall–Kier alpha value is -4.98. The van der Waals surface area contributed by atoms with Gasteiger partial charge in [0.2, 0.25) is 11.8 Å². The number of rotatable bonds is 10. The number of ether oxygens (including phenoxy) is 1. The van der Waals surface area contributed by atoms with E-state index in [1.807, 2.05) is 75.4 Å². The Morgan fingerprint density at radius 2 is 1.36 bits per heavy atom. The van der Waals surface area contributed by atoms with E-state index in [0.29, 0.717) is 29.9 Å². The highest BCUT2D eigenvalue weighted by Gasteiger charge is 2.58. The first-order chi connectivity index (χ1) is 28.6. The van der Waals surface area contributed by atoms with Gasteiger partial charge in [0, 0.05) is 5.92 Å². The van der Waals surface area contributed by atoms with Crippen molar-refractivity contribution in [3.05, 3.63) is 136 Å². The number of nitrogens with zero attached hydrogens (tertiary/aromatic N) is 1. The van der Waals surface area contributed by atoms with Crippen LogP contribution in [0.3, 0.4) is 0 Å². The molecule has 0 unspecified atom stereocenters. The molecular weight excluding hydrogens is 813 g/mol. The number of benzene rings is 4. The topological polar surface area (TPSA) is 76.1 Å². The number of carbonyl (C=O) groups is 2. The van der Waals surface area contributed by atoms with E-state index in [4.69, 9.17) is 9.16 Å². The summed E-state index contributed by atoms with van der Waals surface area (Å²) >= 11 is 0. The molecule has 2 aliphatic heterocycles. The fourth-order valence-corrected chi connectivity index (χ4v) is 14.2. The summed E-state index contributed by atoms with van der Waals surface area (Å²) in [4.78, 5) is 29.3. The van der Waals surface area contributed by atoms with Crippen molar-refractivity contribution >= 4 is 42.3 Å². The van der Waals surface area contributed by atoms with Crippen LogP contribution < -0.4 is 15.3 Å². The zero-order chi connectivity index (χ0) is 44.2. The lowest BCUT2D eigenvalue weighted by Gasteiger charge is -2.44. The molecule has 0 saturated carbocycles. The first-order valence-electron chi connectivity index (χ1n) is 20.3. The minimum absolute atomic E-state index is 0.0155. The van der Waals surface area contributed by atoms with Gasteiger partial charge in [-0.15, -0.1) is 0 Å². The third kappa shape index (κ3) is 8.36. The number of anilines is 1. The summed E-state index contributed by atoms with van der Waals surface area (Å²) in [5.74, 6) is -4.26. The number of carbonyl (C=O) groups excluding carboxylic acids is 2. The van der Waals surface area contributed by atoms with E-state index in [1.54, 1.807) is 0 Å². The van der Waals surface area contributed by atoms with Gasteiger partial charge in [0.1, 0.15) is 5.75 Å². The molecular formula is C48H49F6NO5Si. The lowest BCUT2D eigenvalue weighted by atomic mass is 9.69. The van der Waals surface area contributed by atoms with Gasteiger partial charge in [-0.2, -0.15) is 26.3 Å². The van der Waals surface area contributed by atoms with E-state index in [1.165, 1.54) is 0 Å². The average molecular weight is 862 g/mol. The normalized spacial score (nSPS) is 21.3. The maximum atomic E-state index is 14.4. The number of hydrogen-bond acceptors (Lipinski definition) is 5. The van der Waals surface area contributed by atoms with Crippen LogP contribution in [-0.4, -0.2) is 44.6 Å². The number of halogens is 6. The van der Waals surface area contributed by atoms with Gasteiger partial charge in [-0.25, -0.2) is 4.90 Å². The molecule has 0 aromatic heterocycles. The van der Waals surface area contributed by atoms with Crippen molar-refractivity contribution < 1.29 is 50.2 Å². The molecule has 1 N–H and O–H groups in total. The molecule has 61 heavy (non-hydrogen) atoms. The SMILES string of the molecule is C/C(=C\c1cc(C)c(O)c(C)c1)CC[C@H]1OC[C@H]2C1=C(CO[Si](c1ccccc1)(c1ccccc1)C(C)(C)C)C[C@H]1C(=O)N(c3cc(C(F)(F)F)cc(C(F)(F)F)c3)C(=O)[C@H]12. The van der Waals surface area contributed by atoms with E-state index >= 15 is 0 Å². The van der Waals surface area contributed by atoms with E-state index in [9.17, 15) is 41.0 Å². The summed E-state index contributed by atoms with van der Waals surface area (Å²) in [6.07, 6.45) is -7.72. The van der Waals surface area contributed by atoms with Gasteiger partial charge in [-0.05, 0) is 114 Å². The van der Waals surface area contributed by atoms with Gasteiger partial charge in [0.15, 0.2) is 0 Å². The number of phenols is 1. The molecule has 7 rings (SSSR count). The van der Waals surface area contributed by atoms with Gasteiger partial charge in [0.25, 0.3) is 8.32 Å². The average Bonchev–Trinajstić information content (AvgIpc) is 3.73. The molecule has 2 fully saturated rings. The van der Waals surface area contributed by atoms with Crippen molar-refractivity contribution in [2.45, 2.75) is 84.3 Å². The Labute approximate surface area is 353 Å². The van der Waals surface area contributed by atoms with Gasteiger partial charge >= 0.3 is 12.4 Å². The molecule has 1 aliphatic carbocycles. The standard InChI is InChI=1S/C48H49F6NO5Si/c1-28(19-31-20-29(2)43(56)30(3)21-31)17-18-40-41-32(26-60-61(46(4,5)6,36-13-9-7-10-14-36)37-15-11-8-12-16-37)22-38-42(39(41)27-59-40)45(58)55(44(38)57)35-24-33(47(49,50)51)23-34(25-35)48(52,53)54/h7-16,19-21,23-25,38-40,42,56H,17-18,22,26-27H2,1-6H3/b28-19+/t38-,39+,40-,42-/m1/s1. The predicted octanol–water partition coefficient (Wildman–Crippen LogP) is 10.3. The van der Waals surface area contributed by atoms with E-state index in [-0.39, 0.29) is 31.5 Å². The van der Waals surface area contributed by atoms with Crippen LogP contribution >= 0.6 is 0 Å². The smallest absolute Gasteiger partial charge is 0.416 e. The zero-order valence-corrected chi connectivity index (χ0v) is 35.9. The number of aryl methyl sites for hydroxylation is 2. The lowest BCUT2D eigenvalue weighted by Crippen LogP contribution is -2.66. The second-order valence-corrected chi connectivity index (χ2v) is 21.9. The van der Waals surface area contributed by atoms with E-state index in [2.05, 4.69) is 45.0 Å². The molecule has 4 atom stereocenters. The first kappa shape index (κ1) is 44.1. The highest BCUT2D eigenvalue weighted by molar-refractivity contribution is 6.99. The quantitative estimate of drug-likeness (QED) is 0.0744. The minimum Gasteiger partial charge on any atom is -0.507 e. The molecule has 2 saturated heterocycles. The molecule has 2 heterocycles. The molecule has 322 valence electrons. The number of fused-ring (bicyclic) bond motifs is 3. The number of phenolic OH excluding ortho intramolecular Hbond substituents is 1. The highest BCUT2D eigenvalue weighted by Crippen LogP contribution is 2.52. The van der Waals surface area contributed by atoms with Gasteiger partial charge in [-0.3, -0.25) is 9.59 Å². The molecule has 4 aromatic carbocycles. The first-order valence-corrected chi connectivity index (χ1v) is 22.3. The number of hydrogen-bond donors (Lipinski definition) is 1. The number of amides is 2. The zero-order valence-electron chi connectivity index (χ0n) is 34.9. The molecule has 6 nitrogen and oxygen atoms in total. The Morgan fingerprint density at radius 3 is 1.87 bits per heavy atom.